The number of hydrogen-bond donors (Lipinski definition) is 2. The summed E-state index contributed by atoms with van der Waals surface area (Å²) in [4.78, 5) is 64.9. The average Bonchev–Trinajstić information content (AvgIpc) is 3.19. The molecule has 11 nitrogen and oxygen atoms in total. The van der Waals surface area contributed by atoms with Gasteiger partial charge in [0, 0.05) is 44.0 Å². The molecule has 33 heavy (non-hydrogen) atoms. The maximum absolute atomic E-state index is 12.3. The zero-order valence-corrected chi connectivity index (χ0v) is 19.6. The molecule has 11 heteroatoms. The van der Waals surface area contributed by atoms with Crippen LogP contribution in [0.15, 0.2) is 12.2 Å². The molecule has 2 N–H and O–H groups in total. The first-order valence-corrected chi connectivity index (χ1v) is 11.0. The summed E-state index contributed by atoms with van der Waals surface area (Å²) in [5.41, 5.74) is -1.24. The Hall–Kier alpha value is -2.79. The Balaban J connectivity index is 1.67. The van der Waals surface area contributed by atoms with Crippen LogP contribution in [0.25, 0.3) is 0 Å². The second kappa shape index (κ2) is 10.9. The Bertz CT molecular complexity index is 804. The quantitative estimate of drug-likeness (QED) is 0.397. The molecule has 0 saturated carbocycles. The predicted molar refractivity (Wildman–Crippen MR) is 115 cm³/mol. The van der Waals surface area contributed by atoms with Gasteiger partial charge in [0.1, 0.15) is 6.23 Å². The summed E-state index contributed by atoms with van der Waals surface area (Å²) in [6.45, 7) is 7.74. The van der Waals surface area contributed by atoms with Crippen molar-refractivity contribution >= 4 is 29.6 Å². The highest BCUT2D eigenvalue weighted by molar-refractivity contribution is 6.01. The van der Waals surface area contributed by atoms with Gasteiger partial charge in [0.25, 0.3) is 11.8 Å². The summed E-state index contributed by atoms with van der Waals surface area (Å²) in [5.74, 6) is -2.30. The van der Waals surface area contributed by atoms with Gasteiger partial charge in [-0.05, 0) is 46.6 Å². The van der Waals surface area contributed by atoms with Crippen LogP contribution in [-0.4, -0.2) is 75.2 Å². The summed E-state index contributed by atoms with van der Waals surface area (Å²) in [7, 11) is 0. The van der Waals surface area contributed by atoms with Gasteiger partial charge in [-0.3, -0.25) is 19.2 Å². The maximum atomic E-state index is 12.3. The number of imide groups is 1. The smallest absolute Gasteiger partial charge is 0.333 e. The van der Waals surface area contributed by atoms with Crippen LogP contribution in [0, 0.1) is 0 Å². The highest BCUT2D eigenvalue weighted by Crippen LogP contribution is 2.21. The van der Waals surface area contributed by atoms with Crippen LogP contribution in [0.2, 0.25) is 0 Å². The Morgan fingerprint density at radius 2 is 1.73 bits per heavy atom. The molecule has 0 spiro atoms. The van der Waals surface area contributed by atoms with E-state index in [-0.39, 0.29) is 44.0 Å². The molecule has 1 unspecified atom stereocenters. The van der Waals surface area contributed by atoms with Crippen LogP contribution < -0.4 is 5.32 Å². The Morgan fingerprint density at radius 3 is 2.30 bits per heavy atom. The Labute approximate surface area is 193 Å². The Kier molecular flexibility index (Phi) is 8.73. The van der Waals surface area contributed by atoms with Gasteiger partial charge in [-0.1, -0.05) is 0 Å². The van der Waals surface area contributed by atoms with Gasteiger partial charge >= 0.3 is 5.97 Å². The van der Waals surface area contributed by atoms with Crippen molar-refractivity contribution in [3.63, 3.8) is 0 Å². The fraction of sp³-hybridized carbons (Fsp3) is 0.682. The number of hydrogen-bond acceptors (Lipinski definition) is 8. The highest BCUT2D eigenvalue weighted by Gasteiger charge is 2.33. The molecule has 0 aliphatic carbocycles. The summed E-state index contributed by atoms with van der Waals surface area (Å²) in [6.07, 6.45) is 2.58. The largest absolute Gasteiger partial charge is 0.375 e. The third-order valence-corrected chi connectivity index (χ3v) is 5.42. The summed E-state index contributed by atoms with van der Waals surface area (Å²) in [6, 6.07) is 0. The molecular weight excluding hydrogens is 434 g/mol. The van der Waals surface area contributed by atoms with Crippen LogP contribution in [0.5, 0.6) is 0 Å². The van der Waals surface area contributed by atoms with Crippen LogP contribution in [-0.2, 0) is 33.5 Å². The molecule has 1 saturated heterocycles. The molecule has 0 aromatic carbocycles. The number of aliphatic hydroxyl groups excluding tert-OH is 1. The molecule has 0 aromatic heterocycles. The lowest BCUT2D eigenvalue weighted by molar-refractivity contribution is -0.198. The minimum atomic E-state index is -0.998. The minimum absolute atomic E-state index is 0.0277. The summed E-state index contributed by atoms with van der Waals surface area (Å²) >= 11 is 0. The van der Waals surface area contributed by atoms with E-state index >= 15 is 0 Å². The molecule has 0 aromatic rings. The fourth-order valence-electron chi connectivity index (χ4n) is 3.33. The molecule has 2 aliphatic rings. The standard InChI is InChI=1S/C22H33N3O8/c1-21(2,23-15(26)10-13-24-16(27)5-6-17(24)28)12-14-32-22(3,4)11-9-20(31)33-25-18(29)7-8-19(25)30/h5-6,16,27H,7-14H2,1-4H3,(H,23,26). The normalized spacial score (nSPS) is 18.9. The number of carbonyl (C=O) groups is 5. The third-order valence-electron chi connectivity index (χ3n) is 5.42. The number of ether oxygens (including phenoxy) is 1. The van der Waals surface area contributed by atoms with Crippen molar-refractivity contribution in [2.75, 3.05) is 13.2 Å². The van der Waals surface area contributed by atoms with Crippen molar-refractivity contribution in [1.82, 2.24) is 15.3 Å². The van der Waals surface area contributed by atoms with Gasteiger partial charge in [0.2, 0.25) is 11.8 Å². The van der Waals surface area contributed by atoms with E-state index in [1.54, 1.807) is 0 Å². The molecular formula is C22H33N3O8. The van der Waals surface area contributed by atoms with Gasteiger partial charge in [-0.2, -0.15) is 0 Å². The molecule has 2 heterocycles. The summed E-state index contributed by atoms with van der Waals surface area (Å²) in [5, 5.41) is 13.1. The molecule has 0 bridgehead atoms. The number of amides is 4. The maximum Gasteiger partial charge on any atom is 0.333 e. The number of nitrogens with one attached hydrogen (secondary N) is 1. The van der Waals surface area contributed by atoms with Gasteiger partial charge in [0.05, 0.1) is 12.0 Å². The zero-order valence-electron chi connectivity index (χ0n) is 19.6. The second-order valence-corrected chi connectivity index (χ2v) is 9.39. The number of nitrogens with zero attached hydrogens (tertiary/aromatic N) is 2. The van der Waals surface area contributed by atoms with Gasteiger partial charge in [-0.25, -0.2) is 4.79 Å². The van der Waals surface area contributed by atoms with Crippen LogP contribution in [0.1, 0.15) is 66.2 Å². The first kappa shape index (κ1) is 26.5. The molecule has 4 amide bonds. The van der Waals surface area contributed by atoms with E-state index in [4.69, 9.17) is 9.57 Å². The number of carbonyl (C=O) groups excluding carboxylic acids is 5. The SMILES string of the molecule is CC(C)(CCOC(C)(C)CCC(=O)ON1C(=O)CCC1=O)NC(=O)CCN1C(=O)C=CC1O. The van der Waals surface area contributed by atoms with Crippen molar-refractivity contribution in [2.24, 2.45) is 0 Å². The summed E-state index contributed by atoms with van der Waals surface area (Å²) < 4.78 is 5.88. The van der Waals surface area contributed by atoms with Crippen LogP contribution in [0.4, 0.5) is 0 Å². The van der Waals surface area contributed by atoms with E-state index in [0.29, 0.717) is 24.5 Å². The lowest BCUT2D eigenvalue weighted by atomic mass is 9.99. The molecule has 2 rings (SSSR count). The van der Waals surface area contributed by atoms with E-state index in [0.717, 1.165) is 0 Å². The second-order valence-electron chi connectivity index (χ2n) is 9.39. The van der Waals surface area contributed by atoms with Crippen LogP contribution in [0.3, 0.4) is 0 Å². The predicted octanol–water partition coefficient (Wildman–Crippen LogP) is 0.561. The number of hydroxylamine groups is 2. The molecule has 2 aliphatic heterocycles. The molecule has 184 valence electrons. The lowest BCUT2D eigenvalue weighted by Gasteiger charge is -2.30. The van der Waals surface area contributed by atoms with E-state index < -0.39 is 35.2 Å². The molecule has 0 radical (unpaired) electrons. The first-order valence-electron chi connectivity index (χ1n) is 11.0. The lowest BCUT2D eigenvalue weighted by Crippen LogP contribution is -2.46. The van der Waals surface area contributed by atoms with E-state index in [1.165, 1.54) is 17.1 Å². The first-order chi connectivity index (χ1) is 15.3. The van der Waals surface area contributed by atoms with Gasteiger partial charge in [0.15, 0.2) is 0 Å². The fourth-order valence-corrected chi connectivity index (χ4v) is 3.33. The topological polar surface area (TPSA) is 143 Å². The van der Waals surface area contributed by atoms with Crippen molar-refractivity contribution in [3.8, 4) is 0 Å². The monoisotopic (exact) mass is 467 g/mol. The van der Waals surface area contributed by atoms with Crippen LogP contribution >= 0.6 is 0 Å². The zero-order chi connectivity index (χ0) is 24.8. The van der Waals surface area contributed by atoms with Crippen molar-refractivity contribution < 1.29 is 38.7 Å². The van der Waals surface area contributed by atoms with E-state index in [9.17, 15) is 29.1 Å². The molecule has 1 atom stereocenters. The van der Waals surface area contributed by atoms with Crippen molar-refractivity contribution in [2.45, 2.75) is 83.6 Å². The number of rotatable bonds is 12. The van der Waals surface area contributed by atoms with Crippen molar-refractivity contribution in [1.29, 1.82) is 0 Å². The van der Waals surface area contributed by atoms with E-state index in [2.05, 4.69) is 5.32 Å². The van der Waals surface area contributed by atoms with Crippen molar-refractivity contribution in [3.05, 3.63) is 12.2 Å². The average molecular weight is 468 g/mol. The van der Waals surface area contributed by atoms with E-state index in [1.807, 2.05) is 27.7 Å². The van der Waals surface area contributed by atoms with Gasteiger partial charge in [-0.15, -0.1) is 5.06 Å². The highest BCUT2D eigenvalue weighted by atomic mass is 16.7. The minimum Gasteiger partial charge on any atom is -0.375 e. The third kappa shape index (κ3) is 8.25. The molecule has 1 fully saturated rings. The van der Waals surface area contributed by atoms with Gasteiger partial charge < -0.3 is 24.9 Å². The number of aliphatic hydroxyl groups is 1. The Morgan fingerprint density at radius 1 is 1.09 bits per heavy atom.